The summed E-state index contributed by atoms with van der Waals surface area (Å²) in [4.78, 5) is 3.59. The Morgan fingerprint density at radius 2 is 2.17 bits per heavy atom. The van der Waals surface area contributed by atoms with Crippen molar-refractivity contribution in [1.29, 1.82) is 0 Å². The molecule has 2 rings (SSSR count). The third-order valence-electron chi connectivity index (χ3n) is 2.83. The van der Waals surface area contributed by atoms with Crippen LogP contribution in [0.2, 0.25) is 0 Å². The van der Waals surface area contributed by atoms with Crippen LogP contribution < -0.4 is 4.90 Å². The molecule has 4 heteroatoms. The van der Waals surface area contributed by atoms with Gasteiger partial charge in [0.25, 0.3) is 0 Å². The molecular formula is C14H15BrFNS. The van der Waals surface area contributed by atoms with Crippen LogP contribution in [0, 0.1) is 5.82 Å². The average molecular weight is 328 g/mol. The molecule has 96 valence electrons. The van der Waals surface area contributed by atoms with E-state index < -0.39 is 0 Å². The first-order chi connectivity index (χ1) is 8.74. The molecule has 0 saturated heterocycles. The Kier molecular flexibility index (Phi) is 4.78. The minimum absolute atomic E-state index is 0.180. The second kappa shape index (κ2) is 6.34. The van der Waals surface area contributed by atoms with Gasteiger partial charge in [-0.05, 0) is 42.1 Å². The van der Waals surface area contributed by atoms with Crippen molar-refractivity contribution in [3.8, 4) is 0 Å². The predicted octanol–water partition coefficient (Wildman–Crippen LogP) is 4.81. The topological polar surface area (TPSA) is 3.24 Å². The van der Waals surface area contributed by atoms with E-state index in [4.69, 9.17) is 0 Å². The number of thiophene rings is 1. The molecule has 0 spiro atoms. The summed E-state index contributed by atoms with van der Waals surface area (Å²) >= 11 is 5.18. The van der Waals surface area contributed by atoms with Crippen molar-refractivity contribution >= 4 is 33.0 Å². The molecule has 0 N–H and O–H groups in total. The number of hydrogen-bond donors (Lipinski definition) is 0. The number of halogens is 2. The third kappa shape index (κ3) is 3.12. The first kappa shape index (κ1) is 13.6. The quantitative estimate of drug-likeness (QED) is 0.712. The van der Waals surface area contributed by atoms with Crippen molar-refractivity contribution in [2.75, 3.05) is 11.4 Å². The number of nitrogens with zero attached hydrogens (tertiary/aromatic N) is 1. The van der Waals surface area contributed by atoms with E-state index >= 15 is 0 Å². The predicted molar refractivity (Wildman–Crippen MR) is 80.1 cm³/mol. The maximum atomic E-state index is 13.2. The number of benzene rings is 1. The van der Waals surface area contributed by atoms with Crippen molar-refractivity contribution in [2.24, 2.45) is 0 Å². The Hall–Kier alpha value is -0.870. The van der Waals surface area contributed by atoms with Crippen molar-refractivity contribution in [2.45, 2.75) is 18.8 Å². The second-order valence-corrected chi connectivity index (χ2v) is 5.59. The summed E-state index contributed by atoms with van der Waals surface area (Å²) in [5.41, 5.74) is 2.09. The summed E-state index contributed by atoms with van der Waals surface area (Å²) in [6.07, 6.45) is 0. The molecule has 0 bridgehead atoms. The Balaban J connectivity index is 2.26. The smallest absolute Gasteiger partial charge is 0.123 e. The third-order valence-corrected chi connectivity index (χ3v) is 4.30. The van der Waals surface area contributed by atoms with Crippen LogP contribution in [0.4, 0.5) is 10.1 Å². The minimum Gasteiger partial charge on any atom is -0.366 e. The SMILES string of the molecule is CCN(Cc1cccs1)c1ccc(F)cc1CBr. The van der Waals surface area contributed by atoms with E-state index in [2.05, 4.69) is 45.3 Å². The van der Waals surface area contributed by atoms with Crippen molar-refractivity contribution in [3.63, 3.8) is 0 Å². The summed E-state index contributed by atoms with van der Waals surface area (Å²) in [7, 11) is 0. The van der Waals surface area contributed by atoms with Gasteiger partial charge in [0, 0.05) is 22.4 Å². The molecule has 1 heterocycles. The van der Waals surface area contributed by atoms with Gasteiger partial charge in [0.05, 0.1) is 6.54 Å². The Morgan fingerprint density at radius 1 is 1.33 bits per heavy atom. The lowest BCUT2D eigenvalue weighted by atomic mass is 10.1. The molecule has 0 aliphatic heterocycles. The van der Waals surface area contributed by atoms with Gasteiger partial charge in [0.15, 0.2) is 0 Å². The molecule has 2 aromatic rings. The zero-order valence-corrected chi connectivity index (χ0v) is 12.6. The summed E-state index contributed by atoms with van der Waals surface area (Å²) < 4.78 is 13.2. The van der Waals surface area contributed by atoms with Crippen LogP contribution in [-0.2, 0) is 11.9 Å². The van der Waals surface area contributed by atoms with E-state index in [1.807, 2.05) is 6.07 Å². The maximum Gasteiger partial charge on any atom is 0.123 e. The molecule has 1 aromatic carbocycles. The highest BCUT2D eigenvalue weighted by molar-refractivity contribution is 9.08. The summed E-state index contributed by atoms with van der Waals surface area (Å²) in [6.45, 7) is 3.90. The Morgan fingerprint density at radius 3 is 2.78 bits per heavy atom. The standard InChI is InChI=1S/C14H15BrFNS/c1-2-17(10-13-4-3-7-18-13)14-6-5-12(16)8-11(14)9-15/h3-8H,2,9-10H2,1H3. The highest BCUT2D eigenvalue weighted by Gasteiger charge is 2.11. The summed E-state index contributed by atoms with van der Waals surface area (Å²) in [5, 5.41) is 2.75. The van der Waals surface area contributed by atoms with Gasteiger partial charge in [-0.15, -0.1) is 11.3 Å². The van der Waals surface area contributed by atoms with Crippen molar-refractivity contribution in [1.82, 2.24) is 0 Å². The van der Waals surface area contributed by atoms with E-state index in [0.717, 1.165) is 24.3 Å². The lowest BCUT2D eigenvalue weighted by Gasteiger charge is -2.25. The van der Waals surface area contributed by atoms with E-state index in [9.17, 15) is 4.39 Å². The zero-order valence-electron chi connectivity index (χ0n) is 10.2. The molecule has 0 aliphatic rings. The molecule has 0 aliphatic carbocycles. The lowest BCUT2D eigenvalue weighted by molar-refractivity contribution is 0.626. The summed E-state index contributed by atoms with van der Waals surface area (Å²) in [5.74, 6) is -0.180. The highest BCUT2D eigenvalue weighted by Crippen LogP contribution is 2.26. The van der Waals surface area contributed by atoms with E-state index in [0.29, 0.717) is 5.33 Å². The van der Waals surface area contributed by atoms with E-state index in [1.165, 1.54) is 10.9 Å². The molecule has 0 amide bonds. The summed E-state index contributed by atoms with van der Waals surface area (Å²) in [6, 6.07) is 9.18. The van der Waals surface area contributed by atoms with Gasteiger partial charge in [0.2, 0.25) is 0 Å². The zero-order chi connectivity index (χ0) is 13.0. The van der Waals surface area contributed by atoms with Crippen molar-refractivity contribution < 1.29 is 4.39 Å². The monoisotopic (exact) mass is 327 g/mol. The number of rotatable bonds is 5. The molecule has 18 heavy (non-hydrogen) atoms. The highest BCUT2D eigenvalue weighted by atomic mass is 79.9. The van der Waals surface area contributed by atoms with Crippen LogP contribution in [0.3, 0.4) is 0 Å². The molecule has 1 aromatic heterocycles. The van der Waals surface area contributed by atoms with Gasteiger partial charge >= 0.3 is 0 Å². The minimum atomic E-state index is -0.180. The Labute approximate surface area is 119 Å². The number of hydrogen-bond acceptors (Lipinski definition) is 2. The van der Waals surface area contributed by atoms with Gasteiger partial charge in [-0.25, -0.2) is 4.39 Å². The van der Waals surface area contributed by atoms with E-state index in [1.54, 1.807) is 17.4 Å². The fourth-order valence-corrected chi connectivity index (χ4v) is 3.10. The molecular weight excluding hydrogens is 313 g/mol. The second-order valence-electron chi connectivity index (χ2n) is 4.00. The molecule has 0 unspecified atom stereocenters. The van der Waals surface area contributed by atoms with Gasteiger partial charge in [-0.1, -0.05) is 22.0 Å². The normalized spacial score (nSPS) is 10.6. The fourth-order valence-electron chi connectivity index (χ4n) is 1.93. The molecule has 0 radical (unpaired) electrons. The van der Waals surface area contributed by atoms with Crippen LogP contribution in [0.1, 0.15) is 17.4 Å². The number of anilines is 1. The van der Waals surface area contributed by atoms with Crippen LogP contribution in [0.5, 0.6) is 0 Å². The van der Waals surface area contributed by atoms with Gasteiger partial charge in [0.1, 0.15) is 5.82 Å². The molecule has 0 atom stereocenters. The lowest BCUT2D eigenvalue weighted by Crippen LogP contribution is -2.22. The molecule has 0 fully saturated rings. The maximum absolute atomic E-state index is 13.2. The molecule has 1 nitrogen and oxygen atoms in total. The fraction of sp³-hybridized carbons (Fsp3) is 0.286. The number of alkyl halides is 1. The van der Waals surface area contributed by atoms with E-state index in [-0.39, 0.29) is 5.82 Å². The van der Waals surface area contributed by atoms with Gasteiger partial charge < -0.3 is 4.90 Å². The first-order valence-electron chi connectivity index (χ1n) is 5.86. The van der Waals surface area contributed by atoms with Crippen LogP contribution >= 0.6 is 27.3 Å². The molecule has 0 saturated carbocycles. The average Bonchev–Trinajstić information content (AvgIpc) is 2.89. The largest absolute Gasteiger partial charge is 0.366 e. The van der Waals surface area contributed by atoms with Crippen LogP contribution in [0.25, 0.3) is 0 Å². The first-order valence-corrected chi connectivity index (χ1v) is 7.86. The van der Waals surface area contributed by atoms with Crippen molar-refractivity contribution in [3.05, 3.63) is 52.0 Å². The van der Waals surface area contributed by atoms with Crippen LogP contribution in [-0.4, -0.2) is 6.54 Å². The van der Waals surface area contributed by atoms with Crippen LogP contribution in [0.15, 0.2) is 35.7 Å². The van der Waals surface area contributed by atoms with Gasteiger partial charge in [-0.3, -0.25) is 0 Å². The Bertz CT molecular complexity index is 499. The van der Waals surface area contributed by atoms with Gasteiger partial charge in [-0.2, -0.15) is 0 Å².